The number of rotatable bonds is 17. The molecule has 1 amide bonds. The van der Waals surface area contributed by atoms with Gasteiger partial charge in [-0.25, -0.2) is 9.59 Å². The number of carbonyl (C=O) groups excluding carboxylic acids is 2. The molecular weight excluding hydrogens is 801 g/mol. The van der Waals surface area contributed by atoms with E-state index in [4.69, 9.17) is 18.9 Å². The van der Waals surface area contributed by atoms with Crippen molar-refractivity contribution in [2.45, 2.75) is 51.2 Å². The van der Waals surface area contributed by atoms with Gasteiger partial charge in [0, 0.05) is 31.1 Å². The lowest BCUT2D eigenvalue weighted by Gasteiger charge is -2.43. The summed E-state index contributed by atoms with van der Waals surface area (Å²) in [6.45, 7) is 6.13. The summed E-state index contributed by atoms with van der Waals surface area (Å²) in [5.41, 5.74) is 5.53. The predicted octanol–water partition coefficient (Wildman–Crippen LogP) is 7.09. The van der Waals surface area contributed by atoms with E-state index < -0.39 is 24.2 Å². The van der Waals surface area contributed by atoms with Crippen LogP contribution in [-0.4, -0.2) is 77.7 Å². The molecule has 3 unspecified atom stereocenters. The van der Waals surface area contributed by atoms with Gasteiger partial charge < -0.3 is 44.8 Å². The van der Waals surface area contributed by atoms with Gasteiger partial charge in [0.2, 0.25) is 5.56 Å². The molecule has 13 heteroatoms. The van der Waals surface area contributed by atoms with E-state index in [-0.39, 0.29) is 43.8 Å². The molecule has 2 bridgehead atoms. The van der Waals surface area contributed by atoms with Crippen LogP contribution in [-0.2, 0) is 22.6 Å². The number of esters is 1. The van der Waals surface area contributed by atoms with E-state index in [1.54, 1.807) is 24.3 Å². The maximum absolute atomic E-state index is 13.2. The topological polar surface area (TPSA) is 172 Å². The Labute approximate surface area is 365 Å². The molecule has 1 aromatic heterocycles. The first kappa shape index (κ1) is 43.0. The molecule has 0 radical (unpaired) electrons. The number of phenolic OH excluding ortho intramolecular Hbond substituents is 1. The highest BCUT2D eigenvalue weighted by molar-refractivity contribution is 5.89. The number of aryl methyl sites for hydroxylation is 1. The number of pyridine rings is 1. The number of aliphatic hydroxyl groups is 1. The van der Waals surface area contributed by atoms with Crippen molar-refractivity contribution in [3.05, 3.63) is 171 Å². The van der Waals surface area contributed by atoms with Crippen molar-refractivity contribution in [3.8, 4) is 17.2 Å². The van der Waals surface area contributed by atoms with E-state index in [0.717, 1.165) is 60.3 Å². The zero-order valence-electron chi connectivity index (χ0n) is 35.1. The number of piperidine rings is 3. The number of H-pyrrole nitrogens is 1. The number of nitrogens with zero attached hydrogens (tertiary/aromatic N) is 1. The monoisotopic (exact) mass is 852 g/mol. The lowest BCUT2D eigenvalue weighted by atomic mass is 9.86. The number of hydrogen-bond donors (Lipinski definition) is 5. The fourth-order valence-corrected chi connectivity index (χ4v) is 8.39. The first-order valence-electron chi connectivity index (χ1n) is 21.4. The highest BCUT2D eigenvalue weighted by atomic mass is 16.6. The average molecular weight is 853 g/mol. The number of benzene rings is 5. The van der Waals surface area contributed by atoms with Crippen LogP contribution in [0.5, 0.6) is 17.2 Å². The minimum atomic E-state index is -0.866. The molecule has 13 nitrogen and oxygen atoms in total. The largest absolute Gasteiger partial charge is 0.506 e. The second kappa shape index (κ2) is 20.0. The van der Waals surface area contributed by atoms with Crippen molar-refractivity contribution in [1.29, 1.82) is 0 Å². The van der Waals surface area contributed by atoms with Crippen LogP contribution in [0, 0.1) is 12.8 Å². The minimum Gasteiger partial charge on any atom is -0.506 e. The Bertz CT molecular complexity index is 2570. The molecule has 326 valence electrons. The lowest BCUT2D eigenvalue weighted by Crippen LogP contribution is -2.52. The van der Waals surface area contributed by atoms with Crippen LogP contribution in [0.15, 0.2) is 126 Å². The number of amides is 1. The molecule has 0 aliphatic carbocycles. The summed E-state index contributed by atoms with van der Waals surface area (Å²) in [6, 6.07) is 36.0. The van der Waals surface area contributed by atoms with Crippen molar-refractivity contribution in [2.24, 2.45) is 5.92 Å². The van der Waals surface area contributed by atoms with E-state index >= 15 is 0 Å². The fourth-order valence-electron chi connectivity index (χ4n) is 8.39. The van der Waals surface area contributed by atoms with E-state index in [2.05, 4.69) is 20.5 Å². The van der Waals surface area contributed by atoms with Gasteiger partial charge in [0.1, 0.15) is 43.2 Å². The minimum absolute atomic E-state index is 0.0565. The van der Waals surface area contributed by atoms with Crippen molar-refractivity contribution >= 4 is 23.0 Å². The van der Waals surface area contributed by atoms with E-state index in [1.165, 1.54) is 12.1 Å². The zero-order valence-corrected chi connectivity index (χ0v) is 35.1. The van der Waals surface area contributed by atoms with Gasteiger partial charge in [0.15, 0.2) is 0 Å². The maximum atomic E-state index is 13.2. The molecule has 6 aromatic rings. The van der Waals surface area contributed by atoms with Crippen molar-refractivity contribution in [2.75, 3.05) is 39.4 Å². The number of aromatic nitrogens is 1. The van der Waals surface area contributed by atoms with Crippen LogP contribution in [0.4, 0.5) is 4.79 Å². The summed E-state index contributed by atoms with van der Waals surface area (Å²) in [6.07, 6.45) is 0.740. The molecule has 3 aliphatic rings. The molecule has 9 rings (SSSR count). The molecule has 5 aromatic carbocycles. The number of aromatic amines is 1. The second-order valence-corrected chi connectivity index (χ2v) is 16.1. The first-order chi connectivity index (χ1) is 30.7. The Hall–Kier alpha value is -6.67. The Morgan fingerprint density at radius 3 is 2.38 bits per heavy atom. The van der Waals surface area contributed by atoms with Crippen molar-refractivity contribution in [1.82, 2.24) is 20.5 Å². The number of phenols is 1. The number of carbonyl (C=O) groups is 2. The number of fused-ring (bicyclic) bond motifs is 4. The van der Waals surface area contributed by atoms with Crippen LogP contribution in [0.3, 0.4) is 0 Å². The number of aromatic hydroxyl groups is 1. The average Bonchev–Trinajstić information content (AvgIpc) is 3.30. The van der Waals surface area contributed by atoms with Crippen molar-refractivity contribution in [3.63, 3.8) is 0 Å². The number of aliphatic hydroxyl groups excluding tert-OH is 1. The van der Waals surface area contributed by atoms with Crippen LogP contribution < -0.4 is 25.7 Å². The number of hydrogen-bond acceptors (Lipinski definition) is 11. The van der Waals surface area contributed by atoms with E-state index in [9.17, 15) is 24.6 Å². The smallest absolute Gasteiger partial charge is 0.408 e. The van der Waals surface area contributed by atoms with Gasteiger partial charge in [-0.1, -0.05) is 72.8 Å². The molecule has 3 atom stereocenters. The van der Waals surface area contributed by atoms with Crippen LogP contribution in [0.1, 0.15) is 68.7 Å². The number of ether oxygens (including phenoxy) is 4. The third kappa shape index (κ3) is 10.9. The molecule has 63 heavy (non-hydrogen) atoms. The molecule has 0 spiro atoms. The van der Waals surface area contributed by atoms with Crippen molar-refractivity contribution < 1.29 is 38.7 Å². The van der Waals surface area contributed by atoms with Gasteiger partial charge in [0.05, 0.1) is 23.2 Å². The molecule has 0 saturated carbocycles. The maximum Gasteiger partial charge on any atom is 0.408 e. The summed E-state index contributed by atoms with van der Waals surface area (Å²) >= 11 is 0. The van der Waals surface area contributed by atoms with Gasteiger partial charge in [0.25, 0.3) is 0 Å². The van der Waals surface area contributed by atoms with Gasteiger partial charge in [-0.2, -0.15) is 0 Å². The van der Waals surface area contributed by atoms with Crippen LogP contribution >= 0.6 is 0 Å². The third-order valence-corrected chi connectivity index (χ3v) is 11.8. The Morgan fingerprint density at radius 1 is 0.841 bits per heavy atom. The molecular formula is C50H52N4O9. The highest BCUT2D eigenvalue weighted by Crippen LogP contribution is 2.32. The van der Waals surface area contributed by atoms with Crippen LogP contribution in [0.2, 0.25) is 0 Å². The second-order valence-electron chi connectivity index (χ2n) is 16.1. The summed E-state index contributed by atoms with van der Waals surface area (Å²) in [5, 5.41) is 28.0. The summed E-state index contributed by atoms with van der Waals surface area (Å²) in [4.78, 5) is 42.8. The van der Waals surface area contributed by atoms with Gasteiger partial charge >= 0.3 is 12.1 Å². The molecule has 3 aliphatic heterocycles. The summed E-state index contributed by atoms with van der Waals surface area (Å²) in [7, 11) is 0. The normalized spacial score (nSPS) is 17.7. The fraction of sp³-hybridized carbons (Fsp3) is 0.300. The van der Waals surface area contributed by atoms with E-state index in [0.29, 0.717) is 46.0 Å². The van der Waals surface area contributed by atoms with Gasteiger partial charge in [-0.3, -0.25) is 9.69 Å². The molecule has 5 N–H and O–H groups in total. The van der Waals surface area contributed by atoms with Crippen LogP contribution in [0.25, 0.3) is 10.9 Å². The Balaban J connectivity index is 0.773. The first-order valence-corrected chi connectivity index (χ1v) is 21.4. The quantitative estimate of drug-likeness (QED) is 0.0469. The molecule has 3 fully saturated rings. The summed E-state index contributed by atoms with van der Waals surface area (Å²) < 4.78 is 23.5. The highest BCUT2D eigenvalue weighted by Gasteiger charge is 2.37. The SMILES string of the molecule is Cc1cc(CNCC(O)c2ccc(O)c3[nH]c(=O)ccc23)ccc1OCCOC(=O)c1ccc(COc2cccc(C(NC(=O)OC3CN4CCC3CC4)c3ccccc3)c2)cc1. The molecule has 4 heterocycles. The Morgan fingerprint density at radius 2 is 1.62 bits per heavy atom. The predicted molar refractivity (Wildman–Crippen MR) is 238 cm³/mol. The standard InChI is InChI=1S/C50H52N4O9/c1-32-26-34(28-51-29-43(56)40-15-17-42(55)48-41(40)16-19-46(57)52-48)12-18-44(32)60-24-25-61-49(58)37-13-10-33(11-14-37)31-62-39-9-5-8-38(27-39)47(36-6-3-2-4-7-36)53-50(59)63-45-30-54-22-20-35(45)21-23-54/h2-19,26-27,35,43,45,47,51,55-56H,20-25,28-31H2,1H3,(H,52,57)(H,53,59). The number of alkyl carbamates (subject to hydrolysis) is 1. The zero-order chi connectivity index (χ0) is 43.7. The van der Waals surface area contributed by atoms with Gasteiger partial charge in [-0.05, 0) is 115 Å². The molecule has 3 saturated heterocycles. The van der Waals surface area contributed by atoms with E-state index in [1.807, 2.05) is 91.9 Å². The number of nitrogens with one attached hydrogen (secondary N) is 3. The van der Waals surface area contributed by atoms with Gasteiger partial charge in [-0.15, -0.1) is 0 Å². The summed E-state index contributed by atoms with van der Waals surface area (Å²) in [5.74, 6) is 1.21. The lowest BCUT2D eigenvalue weighted by molar-refractivity contribution is -0.0336. The third-order valence-electron chi connectivity index (χ3n) is 11.8. The Kier molecular flexibility index (Phi) is 13.7.